The Bertz CT molecular complexity index is 701. The first-order valence-corrected chi connectivity index (χ1v) is 8.39. The molecule has 0 saturated heterocycles. The zero-order valence-corrected chi connectivity index (χ0v) is 14.8. The molecular formula is C20H24FNO3. The minimum absolute atomic E-state index is 0.212. The van der Waals surface area contributed by atoms with Crippen molar-refractivity contribution in [2.24, 2.45) is 0 Å². The molecule has 2 aromatic carbocycles. The standard InChI is InChI=1S/C20H24FNO3/c1-4-18(25-17-9-7-16(21)8-10-17)20(23)22-11-12-24-19-13-14(2)5-6-15(19)3/h5-10,13,18H,4,11-12H2,1-3H3,(H,22,23)/t18-/m0/s1. The molecule has 0 fully saturated rings. The number of halogens is 1. The maximum Gasteiger partial charge on any atom is 0.261 e. The van der Waals surface area contributed by atoms with Gasteiger partial charge in [-0.05, 0) is 61.7 Å². The molecule has 0 heterocycles. The summed E-state index contributed by atoms with van der Waals surface area (Å²) in [6.45, 7) is 6.61. The molecule has 0 aromatic heterocycles. The summed E-state index contributed by atoms with van der Waals surface area (Å²) >= 11 is 0. The summed E-state index contributed by atoms with van der Waals surface area (Å²) in [7, 11) is 0. The molecule has 0 aliphatic carbocycles. The van der Waals surface area contributed by atoms with Gasteiger partial charge in [0.15, 0.2) is 6.10 Å². The fourth-order valence-electron chi connectivity index (χ4n) is 2.31. The zero-order valence-electron chi connectivity index (χ0n) is 14.8. The van der Waals surface area contributed by atoms with Gasteiger partial charge in [-0.15, -0.1) is 0 Å². The van der Waals surface area contributed by atoms with Crippen LogP contribution >= 0.6 is 0 Å². The number of benzene rings is 2. The van der Waals surface area contributed by atoms with Crippen LogP contribution in [0.3, 0.4) is 0 Å². The molecule has 5 heteroatoms. The van der Waals surface area contributed by atoms with E-state index in [2.05, 4.69) is 5.32 Å². The fourth-order valence-corrected chi connectivity index (χ4v) is 2.31. The molecule has 0 spiro atoms. The summed E-state index contributed by atoms with van der Waals surface area (Å²) in [5.41, 5.74) is 2.19. The molecule has 1 atom stereocenters. The van der Waals surface area contributed by atoms with Crippen molar-refractivity contribution in [3.05, 3.63) is 59.4 Å². The maximum absolute atomic E-state index is 12.9. The third kappa shape index (κ3) is 5.78. The Morgan fingerprint density at radius 2 is 1.88 bits per heavy atom. The van der Waals surface area contributed by atoms with E-state index < -0.39 is 6.10 Å². The van der Waals surface area contributed by atoms with E-state index in [0.717, 1.165) is 16.9 Å². The van der Waals surface area contributed by atoms with Crippen LogP contribution in [-0.2, 0) is 4.79 Å². The molecule has 1 N–H and O–H groups in total. The normalized spacial score (nSPS) is 11.7. The summed E-state index contributed by atoms with van der Waals surface area (Å²) in [6, 6.07) is 11.6. The van der Waals surface area contributed by atoms with Crippen LogP contribution in [0.15, 0.2) is 42.5 Å². The van der Waals surface area contributed by atoms with Crippen LogP contribution in [0, 0.1) is 19.7 Å². The van der Waals surface area contributed by atoms with E-state index in [1.54, 1.807) is 0 Å². The molecule has 0 aliphatic heterocycles. The summed E-state index contributed by atoms with van der Waals surface area (Å²) < 4.78 is 24.2. The number of ether oxygens (including phenoxy) is 2. The third-order valence-electron chi connectivity index (χ3n) is 3.76. The lowest BCUT2D eigenvalue weighted by Gasteiger charge is -2.17. The van der Waals surface area contributed by atoms with E-state index in [9.17, 15) is 9.18 Å². The Labute approximate surface area is 148 Å². The first-order valence-electron chi connectivity index (χ1n) is 8.39. The second-order valence-corrected chi connectivity index (χ2v) is 5.88. The molecule has 2 rings (SSSR count). The highest BCUT2D eigenvalue weighted by Crippen LogP contribution is 2.18. The Morgan fingerprint density at radius 1 is 1.16 bits per heavy atom. The minimum Gasteiger partial charge on any atom is -0.491 e. The van der Waals surface area contributed by atoms with Gasteiger partial charge in [0.05, 0.1) is 6.54 Å². The van der Waals surface area contributed by atoms with E-state index in [-0.39, 0.29) is 11.7 Å². The van der Waals surface area contributed by atoms with Crippen LogP contribution in [0.1, 0.15) is 24.5 Å². The number of aryl methyl sites for hydroxylation is 2. The number of hydrogen-bond donors (Lipinski definition) is 1. The van der Waals surface area contributed by atoms with Gasteiger partial charge in [-0.1, -0.05) is 19.1 Å². The molecule has 4 nitrogen and oxygen atoms in total. The average molecular weight is 345 g/mol. The average Bonchev–Trinajstić information content (AvgIpc) is 2.60. The van der Waals surface area contributed by atoms with Crippen molar-refractivity contribution in [3.63, 3.8) is 0 Å². The molecule has 0 aliphatic rings. The van der Waals surface area contributed by atoms with Crippen molar-refractivity contribution in [1.82, 2.24) is 5.32 Å². The lowest BCUT2D eigenvalue weighted by atomic mass is 10.1. The number of carbonyl (C=O) groups is 1. The number of hydrogen-bond acceptors (Lipinski definition) is 3. The molecule has 2 aromatic rings. The molecule has 0 bridgehead atoms. The highest BCUT2D eigenvalue weighted by molar-refractivity contribution is 5.81. The monoisotopic (exact) mass is 345 g/mol. The summed E-state index contributed by atoms with van der Waals surface area (Å²) in [5, 5.41) is 2.81. The number of nitrogens with one attached hydrogen (secondary N) is 1. The lowest BCUT2D eigenvalue weighted by Crippen LogP contribution is -2.39. The van der Waals surface area contributed by atoms with Crippen LogP contribution in [0.25, 0.3) is 0 Å². The third-order valence-corrected chi connectivity index (χ3v) is 3.76. The van der Waals surface area contributed by atoms with Crippen molar-refractivity contribution in [1.29, 1.82) is 0 Å². The molecule has 0 unspecified atom stereocenters. The summed E-state index contributed by atoms with van der Waals surface area (Å²) in [5.74, 6) is 0.740. The van der Waals surface area contributed by atoms with Crippen LogP contribution in [-0.4, -0.2) is 25.2 Å². The van der Waals surface area contributed by atoms with Gasteiger partial charge < -0.3 is 14.8 Å². The summed E-state index contributed by atoms with van der Waals surface area (Å²) in [6.07, 6.45) is -0.104. The number of carbonyl (C=O) groups excluding carboxylic acids is 1. The smallest absolute Gasteiger partial charge is 0.261 e. The van der Waals surface area contributed by atoms with E-state index in [0.29, 0.717) is 25.3 Å². The van der Waals surface area contributed by atoms with Gasteiger partial charge in [0.2, 0.25) is 0 Å². The van der Waals surface area contributed by atoms with Crippen molar-refractivity contribution >= 4 is 5.91 Å². The van der Waals surface area contributed by atoms with Crippen molar-refractivity contribution in [2.45, 2.75) is 33.3 Å². The fraction of sp³-hybridized carbons (Fsp3) is 0.350. The van der Waals surface area contributed by atoms with Gasteiger partial charge in [-0.25, -0.2) is 4.39 Å². The Morgan fingerprint density at radius 3 is 2.56 bits per heavy atom. The highest BCUT2D eigenvalue weighted by atomic mass is 19.1. The topological polar surface area (TPSA) is 47.6 Å². The SMILES string of the molecule is CC[C@H](Oc1ccc(F)cc1)C(=O)NCCOc1cc(C)ccc1C. The van der Waals surface area contributed by atoms with Gasteiger partial charge >= 0.3 is 0 Å². The molecule has 0 saturated carbocycles. The van der Waals surface area contributed by atoms with Crippen molar-refractivity contribution in [2.75, 3.05) is 13.2 Å². The zero-order chi connectivity index (χ0) is 18.2. The van der Waals surface area contributed by atoms with Gasteiger partial charge in [0, 0.05) is 0 Å². The van der Waals surface area contributed by atoms with E-state index >= 15 is 0 Å². The van der Waals surface area contributed by atoms with Crippen molar-refractivity contribution in [3.8, 4) is 11.5 Å². The Kier molecular flexibility index (Phi) is 6.81. The predicted molar refractivity (Wildman–Crippen MR) is 95.5 cm³/mol. The lowest BCUT2D eigenvalue weighted by molar-refractivity contribution is -0.128. The predicted octanol–water partition coefficient (Wildman–Crippen LogP) is 3.80. The Balaban J connectivity index is 1.79. The van der Waals surface area contributed by atoms with Crippen molar-refractivity contribution < 1.29 is 18.7 Å². The quantitative estimate of drug-likeness (QED) is 0.741. The van der Waals surface area contributed by atoms with E-state index in [4.69, 9.17) is 9.47 Å². The van der Waals surface area contributed by atoms with Gasteiger partial charge in [0.1, 0.15) is 23.9 Å². The molecule has 1 amide bonds. The Hall–Kier alpha value is -2.56. The molecule has 0 radical (unpaired) electrons. The van der Waals surface area contributed by atoms with Crippen LogP contribution < -0.4 is 14.8 Å². The first-order chi connectivity index (χ1) is 12.0. The van der Waals surface area contributed by atoms with Crippen LogP contribution in [0.2, 0.25) is 0 Å². The highest BCUT2D eigenvalue weighted by Gasteiger charge is 2.17. The second kappa shape index (κ2) is 9.06. The summed E-state index contributed by atoms with van der Waals surface area (Å²) in [4.78, 5) is 12.2. The minimum atomic E-state index is -0.619. The largest absolute Gasteiger partial charge is 0.491 e. The van der Waals surface area contributed by atoms with Crippen LogP contribution in [0.5, 0.6) is 11.5 Å². The number of amides is 1. The van der Waals surface area contributed by atoms with Crippen LogP contribution in [0.4, 0.5) is 4.39 Å². The van der Waals surface area contributed by atoms with Gasteiger partial charge in [-0.2, -0.15) is 0 Å². The van der Waals surface area contributed by atoms with Gasteiger partial charge in [-0.3, -0.25) is 4.79 Å². The molecule has 134 valence electrons. The molecular weight excluding hydrogens is 321 g/mol. The number of rotatable bonds is 8. The van der Waals surface area contributed by atoms with E-state index in [1.165, 1.54) is 24.3 Å². The molecule has 25 heavy (non-hydrogen) atoms. The first kappa shape index (κ1) is 18.8. The van der Waals surface area contributed by atoms with E-state index in [1.807, 2.05) is 39.0 Å². The van der Waals surface area contributed by atoms with Gasteiger partial charge in [0.25, 0.3) is 5.91 Å². The maximum atomic E-state index is 12.9. The second-order valence-electron chi connectivity index (χ2n) is 5.88.